The zero-order valence-corrected chi connectivity index (χ0v) is 20.2. The Kier molecular flexibility index (Phi) is 7.61. The predicted molar refractivity (Wildman–Crippen MR) is 136 cm³/mol. The smallest absolute Gasteiger partial charge is 0.248 e. The first-order chi connectivity index (χ1) is 16.0. The number of nitrogens with zero attached hydrogens (tertiary/aromatic N) is 1. The van der Waals surface area contributed by atoms with Gasteiger partial charge in [-0.15, -0.1) is 0 Å². The lowest BCUT2D eigenvalue weighted by atomic mass is 9.94. The molecule has 5 heteroatoms. The van der Waals surface area contributed by atoms with Crippen LogP contribution in [-0.2, 0) is 16.0 Å². The van der Waals surface area contributed by atoms with Crippen molar-refractivity contribution in [2.75, 3.05) is 4.90 Å². The summed E-state index contributed by atoms with van der Waals surface area (Å²) in [5.41, 5.74) is 4.60. The standard InChI is InChI=1S/C28H32N2O2S/c1-20-10-9-11-21(2)26(20)30(25(31)18-22-16-17-33-19-22)27(23-12-5-3-6-13-23)28(32)29-24-14-7-4-8-15-24/h3,5-6,9-13,16-17,19,24,27H,4,7-8,14-15,18H2,1-2H3,(H,29,32)/t27-/m1/s1. The number of nitrogens with one attached hydrogen (secondary N) is 1. The Bertz CT molecular complexity index is 1050. The number of benzene rings is 2. The van der Waals surface area contributed by atoms with Gasteiger partial charge >= 0.3 is 0 Å². The molecule has 0 radical (unpaired) electrons. The van der Waals surface area contributed by atoms with Crippen LogP contribution in [0.15, 0.2) is 65.4 Å². The average molecular weight is 461 g/mol. The maximum atomic E-state index is 13.9. The van der Waals surface area contributed by atoms with E-state index in [1.54, 1.807) is 16.2 Å². The van der Waals surface area contributed by atoms with E-state index >= 15 is 0 Å². The summed E-state index contributed by atoms with van der Waals surface area (Å²) in [6.07, 6.45) is 5.76. The minimum absolute atomic E-state index is 0.0709. The van der Waals surface area contributed by atoms with Gasteiger partial charge in [-0.3, -0.25) is 14.5 Å². The van der Waals surface area contributed by atoms with Crippen molar-refractivity contribution in [2.45, 2.75) is 64.5 Å². The molecule has 3 aromatic rings. The molecule has 2 aromatic carbocycles. The second-order valence-electron chi connectivity index (χ2n) is 8.97. The highest BCUT2D eigenvalue weighted by Crippen LogP contribution is 2.34. The number of aryl methyl sites for hydroxylation is 2. The molecule has 0 spiro atoms. The molecule has 1 fully saturated rings. The van der Waals surface area contributed by atoms with Gasteiger partial charge in [0.2, 0.25) is 11.8 Å². The van der Waals surface area contributed by atoms with Crippen LogP contribution in [0.25, 0.3) is 0 Å². The van der Waals surface area contributed by atoms with Crippen LogP contribution in [0, 0.1) is 13.8 Å². The minimum atomic E-state index is -0.723. The molecule has 1 aromatic heterocycles. The number of para-hydroxylation sites is 1. The normalized spacial score (nSPS) is 15.1. The average Bonchev–Trinajstić information content (AvgIpc) is 3.32. The topological polar surface area (TPSA) is 49.4 Å². The van der Waals surface area contributed by atoms with Gasteiger partial charge in [0, 0.05) is 6.04 Å². The first-order valence-electron chi connectivity index (χ1n) is 11.8. The number of hydrogen-bond donors (Lipinski definition) is 1. The van der Waals surface area contributed by atoms with Gasteiger partial charge < -0.3 is 5.32 Å². The fourth-order valence-electron chi connectivity index (χ4n) is 4.82. The zero-order valence-electron chi connectivity index (χ0n) is 19.4. The van der Waals surface area contributed by atoms with Gasteiger partial charge in [0.05, 0.1) is 12.1 Å². The Morgan fingerprint density at radius 1 is 0.970 bits per heavy atom. The van der Waals surface area contributed by atoms with Gasteiger partial charge in [0.15, 0.2) is 0 Å². The van der Waals surface area contributed by atoms with Crippen LogP contribution >= 0.6 is 11.3 Å². The van der Waals surface area contributed by atoms with E-state index in [9.17, 15) is 9.59 Å². The number of rotatable bonds is 7. The van der Waals surface area contributed by atoms with Crippen LogP contribution in [0.1, 0.15) is 60.4 Å². The Labute approximate surface area is 200 Å². The van der Waals surface area contributed by atoms with E-state index in [2.05, 4.69) is 5.32 Å². The fraction of sp³-hybridized carbons (Fsp3) is 0.357. The molecule has 4 nitrogen and oxygen atoms in total. The van der Waals surface area contributed by atoms with E-state index < -0.39 is 6.04 Å². The van der Waals surface area contributed by atoms with Gasteiger partial charge in [-0.1, -0.05) is 67.8 Å². The first kappa shape index (κ1) is 23.2. The number of hydrogen-bond acceptors (Lipinski definition) is 3. The van der Waals surface area contributed by atoms with Gasteiger partial charge in [0.25, 0.3) is 0 Å². The largest absolute Gasteiger partial charge is 0.351 e. The molecule has 0 unspecified atom stereocenters. The van der Waals surface area contributed by atoms with Gasteiger partial charge in [-0.25, -0.2) is 0 Å². The SMILES string of the molecule is Cc1cccc(C)c1N(C(=O)Cc1ccsc1)[C@@H](C(=O)NC1CCCCC1)c1ccccc1. The van der Waals surface area contributed by atoms with Crippen LogP contribution in [0.2, 0.25) is 0 Å². The van der Waals surface area contributed by atoms with Crippen LogP contribution in [0.3, 0.4) is 0 Å². The van der Waals surface area contributed by atoms with Gasteiger partial charge in [0.1, 0.15) is 6.04 Å². The van der Waals surface area contributed by atoms with Crippen molar-refractivity contribution in [1.82, 2.24) is 5.32 Å². The number of anilines is 1. The summed E-state index contributed by atoms with van der Waals surface area (Å²) in [6, 6.07) is 17.1. The van der Waals surface area contributed by atoms with Crippen molar-refractivity contribution in [3.05, 3.63) is 87.6 Å². The third-order valence-corrected chi connectivity index (χ3v) is 7.19. The summed E-state index contributed by atoms with van der Waals surface area (Å²) in [5, 5.41) is 7.27. The first-order valence-corrected chi connectivity index (χ1v) is 12.7. The molecule has 0 bridgehead atoms. The highest BCUT2D eigenvalue weighted by molar-refractivity contribution is 7.08. The fourth-order valence-corrected chi connectivity index (χ4v) is 5.49. The maximum Gasteiger partial charge on any atom is 0.248 e. The van der Waals surface area contributed by atoms with Crippen molar-refractivity contribution < 1.29 is 9.59 Å². The molecule has 33 heavy (non-hydrogen) atoms. The molecule has 0 saturated heterocycles. The zero-order chi connectivity index (χ0) is 23.2. The summed E-state index contributed by atoms with van der Waals surface area (Å²) in [7, 11) is 0. The number of thiophene rings is 1. The van der Waals surface area contributed by atoms with Crippen LogP contribution in [-0.4, -0.2) is 17.9 Å². The van der Waals surface area contributed by atoms with E-state index in [0.717, 1.165) is 53.6 Å². The van der Waals surface area contributed by atoms with E-state index in [-0.39, 0.29) is 24.3 Å². The molecule has 0 aliphatic heterocycles. The van der Waals surface area contributed by atoms with Crippen molar-refractivity contribution in [1.29, 1.82) is 0 Å². The summed E-state index contributed by atoms with van der Waals surface area (Å²) >= 11 is 1.58. The van der Waals surface area contributed by atoms with Crippen LogP contribution in [0.5, 0.6) is 0 Å². The third kappa shape index (κ3) is 5.53. The lowest BCUT2D eigenvalue weighted by molar-refractivity contribution is -0.127. The van der Waals surface area contributed by atoms with E-state index in [1.807, 2.05) is 79.2 Å². The van der Waals surface area contributed by atoms with Crippen molar-refractivity contribution in [3.63, 3.8) is 0 Å². The quantitative estimate of drug-likeness (QED) is 0.461. The molecular formula is C28H32N2O2S. The van der Waals surface area contributed by atoms with E-state index in [4.69, 9.17) is 0 Å². The molecule has 172 valence electrons. The molecular weight excluding hydrogens is 428 g/mol. The summed E-state index contributed by atoms with van der Waals surface area (Å²) in [5.74, 6) is -0.173. The van der Waals surface area contributed by atoms with Crippen molar-refractivity contribution in [2.24, 2.45) is 0 Å². The Morgan fingerprint density at radius 3 is 2.30 bits per heavy atom. The van der Waals surface area contributed by atoms with Crippen molar-refractivity contribution >= 4 is 28.8 Å². The number of carbonyl (C=O) groups is 2. The summed E-state index contributed by atoms with van der Waals surface area (Å²) in [4.78, 5) is 29.5. The molecule has 1 N–H and O–H groups in total. The lowest BCUT2D eigenvalue weighted by Crippen LogP contribution is -2.48. The highest BCUT2D eigenvalue weighted by Gasteiger charge is 2.35. The molecule has 1 aliphatic rings. The summed E-state index contributed by atoms with van der Waals surface area (Å²) in [6.45, 7) is 4.02. The lowest BCUT2D eigenvalue weighted by Gasteiger charge is -2.35. The Morgan fingerprint density at radius 2 is 1.67 bits per heavy atom. The second-order valence-corrected chi connectivity index (χ2v) is 9.75. The third-order valence-electron chi connectivity index (χ3n) is 6.46. The maximum absolute atomic E-state index is 13.9. The molecule has 1 heterocycles. The van der Waals surface area contributed by atoms with E-state index in [1.165, 1.54) is 6.42 Å². The second kappa shape index (κ2) is 10.8. The Hall–Kier alpha value is -2.92. The van der Waals surface area contributed by atoms with E-state index in [0.29, 0.717) is 0 Å². The van der Waals surface area contributed by atoms with Gasteiger partial charge in [-0.2, -0.15) is 11.3 Å². The number of carbonyl (C=O) groups excluding carboxylic acids is 2. The van der Waals surface area contributed by atoms with Crippen molar-refractivity contribution in [3.8, 4) is 0 Å². The molecule has 2 amide bonds. The van der Waals surface area contributed by atoms with Gasteiger partial charge in [-0.05, 0) is 65.8 Å². The summed E-state index contributed by atoms with van der Waals surface area (Å²) < 4.78 is 0. The molecule has 1 aliphatic carbocycles. The Balaban J connectivity index is 1.78. The highest BCUT2D eigenvalue weighted by atomic mass is 32.1. The molecule has 4 rings (SSSR count). The minimum Gasteiger partial charge on any atom is -0.351 e. The van der Waals surface area contributed by atoms with Crippen LogP contribution < -0.4 is 10.2 Å². The van der Waals surface area contributed by atoms with Crippen LogP contribution in [0.4, 0.5) is 5.69 Å². The predicted octanol–water partition coefficient (Wildman–Crippen LogP) is 6.13. The number of amides is 2. The molecule has 1 saturated carbocycles. The monoisotopic (exact) mass is 460 g/mol. The molecule has 1 atom stereocenters.